The summed E-state index contributed by atoms with van der Waals surface area (Å²) in [7, 11) is 0. The van der Waals surface area contributed by atoms with Gasteiger partial charge >= 0.3 is 0 Å². The fourth-order valence-corrected chi connectivity index (χ4v) is 3.18. The lowest BCUT2D eigenvalue weighted by Gasteiger charge is -2.14. The molecule has 1 aliphatic rings. The summed E-state index contributed by atoms with van der Waals surface area (Å²) in [5, 5.41) is 4.72. The summed E-state index contributed by atoms with van der Waals surface area (Å²) < 4.78 is 5.70. The lowest BCUT2D eigenvalue weighted by molar-refractivity contribution is 0.323. The number of aromatic nitrogens is 1. The highest BCUT2D eigenvalue weighted by molar-refractivity contribution is 7.11. The van der Waals surface area contributed by atoms with Gasteiger partial charge in [0.2, 0.25) is 0 Å². The second kappa shape index (κ2) is 5.31. The van der Waals surface area contributed by atoms with E-state index in [1.807, 2.05) is 18.3 Å². The highest BCUT2D eigenvalue weighted by Gasteiger charge is 2.24. The van der Waals surface area contributed by atoms with Crippen LogP contribution in [0.3, 0.4) is 0 Å². The molecular formula is C15H18N2OS. The molecule has 0 spiro atoms. The van der Waals surface area contributed by atoms with Crippen molar-refractivity contribution >= 4 is 11.3 Å². The molecule has 1 aliphatic heterocycles. The van der Waals surface area contributed by atoms with Crippen LogP contribution in [0.15, 0.2) is 30.5 Å². The maximum Gasteiger partial charge on any atom is 0.122 e. The first-order chi connectivity index (χ1) is 9.24. The van der Waals surface area contributed by atoms with Crippen molar-refractivity contribution < 1.29 is 4.74 Å². The molecule has 0 bridgehead atoms. The minimum absolute atomic E-state index is 0.298. The standard InChI is InChI=1S/C15H18N2OS/c1-10-7-17-15(19-10)11(2)16-8-12-9-18-14-6-4-3-5-13(12)14/h3-7,11-12,16H,8-9H2,1-2H3. The molecule has 1 aromatic heterocycles. The van der Waals surface area contributed by atoms with E-state index >= 15 is 0 Å². The highest BCUT2D eigenvalue weighted by atomic mass is 32.1. The Bertz CT molecular complexity index is 567. The van der Waals surface area contributed by atoms with Crippen LogP contribution in [0, 0.1) is 6.92 Å². The topological polar surface area (TPSA) is 34.2 Å². The van der Waals surface area contributed by atoms with Crippen LogP contribution in [0.4, 0.5) is 0 Å². The monoisotopic (exact) mass is 274 g/mol. The highest BCUT2D eigenvalue weighted by Crippen LogP contribution is 2.33. The van der Waals surface area contributed by atoms with Crippen molar-refractivity contribution in [3.63, 3.8) is 0 Å². The summed E-state index contributed by atoms with van der Waals surface area (Å²) in [4.78, 5) is 5.69. The predicted molar refractivity (Wildman–Crippen MR) is 77.9 cm³/mol. The zero-order valence-electron chi connectivity index (χ0n) is 11.2. The van der Waals surface area contributed by atoms with Gasteiger partial charge in [0, 0.05) is 29.1 Å². The maximum atomic E-state index is 5.70. The van der Waals surface area contributed by atoms with Crippen LogP contribution in [0.1, 0.15) is 34.3 Å². The van der Waals surface area contributed by atoms with Crippen molar-refractivity contribution in [2.75, 3.05) is 13.2 Å². The summed E-state index contributed by atoms with van der Waals surface area (Å²) in [5.41, 5.74) is 1.32. The SMILES string of the molecule is Cc1cnc(C(C)NCC2COc3ccccc32)s1. The summed E-state index contributed by atoms with van der Waals surface area (Å²) in [6.07, 6.45) is 1.94. The van der Waals surface area contributed by atoms with Crippen LogP contribution in [0.2, 0.25) is 0 Å². The van der Waals surface area contributed by atoms with Gasteiger partial charge in [-0.05, 0) is 19.9 Å². The number of fused-ring (bicyclic) bond motifs is 1. The summed E-state index contributed by atoms with van der Waals surface area (Å²) in [5.74, 6) is 1.48. The quantitative estimate of drug-likeness (QED) is 0.929. The van der Waals surface area contributed by atoms with E-state index in [9.17, 15) is 0 Å². The first-order valence-corrected chi connectivity index (χ1v) is 7.43. The van der Waals surface area contributed by atoms with E-state index in [2.05, 4.69) is 36.3 Å². The average Bonchev–Trinajstić information content (AvgIpc) is 3.02. The second-order valence-electron chi connectivity index (χ2n) is 4.98. The molecule has 1 N–H and O–H groups in total. The van der Waals surface area contributed by atoms with Crippen molar-refractivity contribution in [2.45, 2.75) is 25.8 Å². The Morgan fingerprint density at radius 1 is 1.47 bits per heavy atom. The Hall–Kier alpha value is -1.39. The number of hydrogen-bond donors (Lipinski definition) is 1. The molecule has 19 heavy (non-hydrogen) atoms. The number of rotatable bonds is 4. The van der Waals surface area contributed by atoms with E-state index in [4.69, 9.17) is 4.74 Å². The molecule has 0 saturated carbocycles. The van der Waals surface area contributed by atoms with Gasteiger partial charge in [-0.2, -0.15) is 0 Å². The van der Waals surface area contributed by atoms with Crippen LogP contribution in [0.5, 0.6) is 5.75 Å². The Morgan fingerprint density at radius 3 is 3.11 bits per heavy atom. The van der Waals surface area contributed by atoms with Gasteiger partial charge in [0.05, 0.1) is 12.6 Å². The van der Waals surface area contributed by atoms with Crippen molar-refractivity contribution in [1.82, 2.24) is 10.3 Å². The Balaban J connectivity index is 1.62. The number of thiazole rings is 1. The normalized spacial score (nSPS) is 18.9. The number of para-hydroxylation sites is 1. The largest absolute Gasteiger partial charge is 0.493 e. The van der Waals surface area contributed by atoms with Gasteiger partial charge < -0.3 is 10.1 Å². The van der Waals surface area contributed by atoms with E-state index in [-0.39, 0.29) is 0 Å². The van der Waals surface area contributed by atoms with Crippen LogP contribution in [0.25, 0.3) is 0 Å². The van der Waals surface area contributed by atoms with Crippen molar-refractivity contribution in [1.29, 1.82) is 0 Å². The van der Waals surface area contributed by atoms with E-state index in [0.717, 1.165) is 23.9 Å². The first-order valence-electron chi connectivity index (χ1n) is 6.61. The molecule has 2 atom stereocenters. The van der Waals surface area contributed by atoms with E-state index in [0.29, 0.717) is 12.0 Å². The second-order valence-corrected chi connectivity index (χ2v) is 6.25. The molecule has 0 amide bonds. The fourth-order valence-electron chi connectivity index (χ4n) is 2.38. The third-order valence-electron chi connectivity index (χ3n) is 3.48. The van der Waals surface area contributed by atoms with Crippen LogP contribution >= 0.6 is 11.3 Å². The van der Waals surface area contributed by atoms with Crippen LogP contribution in [-0.2, 0) is 0 Å². The third-order valence-corrected chi connectivity index (χ3v) is 4.57. The summed E-state index contributed by atoms with van der Waals surface area (Å²) in [6.45, 7) is 5.96. The number of nitrogens with zero attached hydrogens (tertiary/aromatic N) is 1. The zero-order chi connectivity index (χ0) is 13.2. The Morgan fingerprint density at radius 2 is 2.32 bits per heavy atom. The molecule has 1 aromatic carbocycles. The van der Waals surface area contributed by atoms with Gasteiger partial charge in [-0.1, -0.05) is 18.2 Å². The number of nitrogens with one attached hydrogen (secondary N) is 1. The van der Waals surface area contributed by atoms with Gasteiger partial charge in [-0.3, -0.25) is 0 Å². The van der Waals surface area contributed by atoms with Crippen LogP contribution < -0.4 is 10.1 Å². The lowest BCUT2D eigenvalue weighted by atomic mass is 10.0. The fraction of sp³-hybridized carbons (Fsp3) is 0.400. The van der Waals surface area contributed by atoms with Crippen molar-refractivity contribution in [2.24, 2.45) is 0 Å². The smallest absolute Gasteiger partial charge is 0.122 e. The molecule has 3 nitrogen and oxygen atoms in total. The number of hydrogen-bond acceptors (Lipinski definition) is 4. The minimum Gasteiger partial charge on any atom is -0.493 e. The first kappa shape index (κ1) is 12.6. The molecule has 4 heteroatoms. The lowest BCUT2D eigenvalue weighted by Crippen LogP contribution is -2.25. The van der Waals surface area contributed by atoms with Gasteiger partial charge in [0.25, 0.3) is 0 Å². The number of benzene rings is 1. The van der Waals surface area contributed by atoms with E-state index < -0.39 is 0 Å². The van der Waals surface area contributed by atoms with Crippen molar-refractivity contribution in [3.05, 3.63) is 45.9 Å². The van der Waals surface area contributed by atoms with Crippen LogP contribution in [-0.4, -0.2) is 18.1 Å². The van der Waals surface area contributed by atoms with Gasteiger partial charge in [-0.25, -0.2) is 4.98 Å². The predicted octanol–water partition coefficient (Wildman–Crippen LogP) is 3.28. The summed E-state index contributed by atoms with van der Waals surface area (Å²) >= 11 is 1.76. The Kier molecular flexibility index (Phi) is 3.53. The molecule has 0 fully saturated rings. The minimum atomic E-state index is 0.298. The van der Waals surface area contributed by atoms with E-state index in [1.165, 1.54) is 10.4 Å². The third kappa shape index (κ3) is 2.65. The molecule has 0 aliphatic carbocycles. The maximum absolute atomic E-state index is 5.70. The van der Waals surface area contributed by atoms with Gasteiger partial charge in [-0.15, -0.1) is 11.3 Å². The molecule has 2 heterocycles. The summed E-state index contributed by atoms with van der Waals surface area (Å²) in [6, 6.07) is 8.60. The van der Waals surface area contributed by atoms with Gasteiger partial charge in [0.1, 0.15) is 10.8 Å². The van der Waals surface area contributed by atoms with Gasteiger partial charge in [0.15, 0.2) is 0 Å². The average molecular weight is 274 g/mol. The number of aryl methyl sites for hydroxylation is 1. The molecular weight excluding hydrogens is 256 g/mol. The molecule has 3 rings (SSSR count). The number of ether oxygens (including phenoxy) is 1. The molecule has 100 valence electrons. The Labute approximate surface area is 117 Å². The molecule has 0 radical (unpaired) electrons. The van der Waals surface area contributed by atoms with Crippen molar-refractivity contribution in [3.8, 4) is 5.75 Å². The zero-order valence-corrected chi connectivity index (χ0v) is 12.0. The van der Waals surface area contributed by atoms with E-state index in [1.54, 1.807) is 11.3 Å². The molecule has 2 unspecified atom stereocenters. The molecule has 2 aromatic rings. The molecule has 0 saturated heterocycles.